The van der Waals surface area contributed by atoms with Gasteiger partial charge in [-0.2, -0.15) is 5.26 Å². The van der Waals surface area contributed by atoms with Crippen LogP contribution in [0.15, 0.2) is 33.5 Å². The summed E-state index contributed by atoms with van der Waals surface area (Å²) in [6, 6.07) is 9.35. The van der Waals surface area contributed by atoms with E-state index >= 15 is 0 Å². The predicted molar refractivity (Wildman–Crippen MR) is 68.4 cm³/mol. The highest BCUT2D eigenvalue weighted by molar-refractivity contribution is 6.03. The molecular formula is C14H10N2O2. The van der Waals surface area contributed by atoms with Gasteiger partial charge >= 0.3 is 5.63 Å². The van der Waals surface area contributed by atoms with Gasteiger partial charge in [0.05, 0.1) is 5.52 Å². The third-order valence-electron chi connectivity index (χ3n) is 3.07. The Bertz CT molecular complexity index is 850. The van der Waals surface area contributed by atoms with Crippen molar-refractivity contribution in [1.82, 2.24) is 4.98 Å². The Morgan fingerprint density at radius 3 is 2.89 bits per heavy atom. The first kappa shape index (κ1) is 10.6. The summed E-state index contributed by atoms with van der Waals surface area (Å²) in [7, 11) is 0. The summed E-state index contributed by atoms with van der Waals surface area (Å²) in [6.07, 6.45) is 0.920. The van der Waals surface area contributed by atoms with Crippen molar-refractivity contribution in [2.75, 3.05) is 0 Å². The second-order valence-electron chi connectivity index (χ2n) is 4.16. The first-order valence-corrected chi connectivity index (χ1v) is 5.71. The molecule has 0 fully saturated rings. The summed E-state index contributed by atoms with van der Waals surface area (Å²) in [5.74, 6) is 0. The molecule has 0 aliphatic heterocycles. The van der Waals surface area contributed by atoms with Crippen LogP contribution in [0.5, 0.6) is 0 Å². The molecule has 0 aliphatic carbocycles. The fourth-order valence-electron chi connectivity index (χ4n) is 2.10. The largest absolute Gasteiger partial charge is 0.419 e. The second-order valence-corrected chi connectivity index (χ2v) is 4.16. The van der Waals surface area contributed by atoms with Gasteiger partial charge in [-0.25, -0.2) is 4.79 Å². The number of nitriles is 1. The summed E-state index contributed by atoms with van der Waals surface area (Å²) in [5.41, 5.74) is 2.70. The maximum absolute atomic E-state index is 11.6. The van der Waals surface area contributed by atoms with E-state index in [4.69, 9.17) is 9.68 Å². The van der Waals surface area contributed by atoms with Crippen molar-refractivity contribution in [2.45, 2.75) is 13.3 Å². The van der Waals surface area contributed by atoms with Crippen LogP contribution in [0.1, 0.15) is 18.1 Å². The van der Waals surface area contributed by atoms with Gasteiger partial charge in [0.2, 0.25) is 0 Å². The Morgan fingerprint density at radius 2 is 2.17 bits per heavy atom. The average Bonchev–Trinajstić information content (AvgIpc) is 2.74. The normalized spacial score (nSPS) is 10.9. The third-order valence-corrected chi connectivity index (χ3v) is 3.07. The van der Waals surface area contributed by atoms with E-state index < -0.39 is 5.63 Å². The van der Waals surface area contributed by atoms with Crippen LogP contribution >= 0.6 is 0 Å². The van der Waals surface area contributed by atoms with Crippen LogP contribution in [-0.2, 0) is 6.42 Å². The number of aryl methyl sites for hydroxylation is 1. The van der Waals surface area contributed by atoms with E-state index in [-0.39, 0.29) is 5.56 Å². The lowest BCUT2D eigenvalue weighted by Gasteiger charge is -1.95. The van der Waals surface area contributed by atoms with Crippen LogP contribution in [0.4, 0.5) is 0 Å². The topological polar surface area (TPSA) is 69.8 Å². The molecule has 0 unspecified atom stereocenters. The summed E-state index contributed by atoms with van der Waals surface area (Å²) < 4.78 is 5.23. The maximum atomic E-state index is 11.6. The van der Waals surface area contributed by atoms with Crippen molar-refractivity contribution in [1.29, 1.82) is 5.26 Å². The van der Waals surface area contributed by atoms with Gasteiger partial charge in [0, 0.05) is 10.9 Å². The molecule has 0 radical (unpaired) electrons. The number of hydrogen-bond donors (Lipinski definition) is 1. The zero-order valence-electron chi connectivity index (χ0n) is 9.78. The highest BCUT2D eigenvalue weighted by Gasteiger charge is 2.10. The highest BCUT2D eigenvalue weighted by atomic mass is 16.4. The lowest BCUT2D eigenvalue weighted by Crippen LogP contribution is -2.02. The van der Waals surface area contributed by atoms with Gasteiger partial charge in [-0.1, -0.05) is 13.0 Å². The quantitative estimate of drug-likeness (QED) is 0.708. The Kier molecular flexibility index (Phi) is 2.20. The van der Waals surface area contributed by atoms with E-state index in [0.717, 1.165) is 17.3 Å². The fraction of sp³-hybridized carbons (Fsp3) is 0.143. The summed E-state index contributed by atoms with van der Waals surface area (Å²) in [5, 5.41) is 9.69. The van der Waals surface area contributed by atoms with Crippen molar-refractivity contribution in [3.05, 3.63) is 45.8 Å². The van der Waals surface area contributed by atoms with Crippen molar-refractivity contribution < 1.29 is 4.42 Å². The number of nitrogens with one attached hydrogen (secondary N) is 1. The Hall–Kier alpha value is -2.54. The molecule has 18 heavy (non-hydrogen) atoms. The minimum absolute atomic E-state index is 0.0183. The molecular weight excluding hydrogens is 228 g/mol. The van der Waals surface area contributed by atoms with Crippen molar-refractivity contribution >= 4 is 22.0 Å². The van der Waals surface area contributed by atoms with Gasteiger partial charge < -0.3 is 9.40 Å². The van der Waals surface area contributed by atoms with Gasteiger partial charge in [0.25, 0.3) is 0 Å². The molecule has 0 aliphatic rings. The van der Waals surface area contributed by atoms with Gasteiger partial charge in [0.15, 0.2) is 5.58 Å². The van der Waals surface area contributed by atoms with Crippen LogP contribution in [-0.4, -0.2) is 4.98 Å². The number of aromatic nitrogens is 1. The Morgan fingerprint density at radius 1 is 1.33 bits per heavy atom. The van der Waals surface area contributed by atoms with Crippen LogP contribution in [0.3, 0.4) is 0 Å². The van der Waals surface area contributed by atoms with E-state index in [1.165, 1.54) is 11.6 Å². The smallest absolute Gasteiger partial charge is 0.354 e. The molecule has 88 valence electrons. The number of aromatic amines is 1. The molecule has 1 aromatic carbocycles. The number of benzene rings is 1. The monoisotopic (exact) mass is 238 g/mol. The second kappa shape index (κ2) is 3.74. The molecule has 2 aromatic heterocycles. The molecule has 3 rings (SSSR count). The fourth-order valence-corrected chi connectivity index (χ4v) is 2.10. The molecule has 4 heteroatoms. The van der Waals surface area contributed by atoms with Crippen LogP contribution in [0.2, 0.25) is 0 Å². The van der Waals surface area contributed by atoms with Crippen molar-refractivity contribution in [2.24, 2.45) is 0 Å². The molecule has 0 spiro atoms. The lowest BCUT2D eigenvalue weighted by molar-refractivity contribution is 0.561. The molecule has 0 atom stereocenters. The molecule has 0 bridgehead atoms. The summed E-state index contributed by atoms with van der Waals surface area (Å²) in [4.78, 5) is 14.7. The van der Waals surface area contributed by atoms with E-state index in [1.807, 2.05) is 24.3 Å². The minimum Gasteiger partial charge on any atom is -0.419 e. The molecule has 1 N–H and O–H groups in total. The Balaban J connectivity index is 2.46. The summed E-state index contributed by atoms with van der Waals surface area (Å²) >= 11 is 0. The number of fused-ring (bicyclic) bond motifs is 3. The van der Waals surface area contributed by atoms with Gasteiger partial charge in [-0.15, -0.1) is 0 Å². The van der Waals surface area contributed by atoms with Crippen molar-refractivity contribution in [3.63, 3.8) is 0 Å². The van der Waals surface area contributed by atoms with Crippen LogP contribution in [0, 0.1) is 11.3 Å². The zero-order valence-corrected chi connectivity index (χ0v) is 9.78. The first-order chi connectivity index (χ1) is 8.72. The molecule has 4 nitrogen and oxygen atoms in total. The predicted octanol–water partition coefficient (Wildman–Crippen LogP) is 2.71. The van der Waals surface area contributed by atoms with Crippen LogP contribution < -0.4 is 5.63 Å². The SMILES string of the molecule is CCc1ccc2[nH]c3cc(C#N)c(=O)oc3c2c1. The Labute approximate surface area is 102 Å². The van der Waals surface area contributed by atoms with Gasteiger partial charge in [-0.3, -0.25) is 0 Å². The number of nitrogens with zero attached hydrogens (tertiary/aromatic N) is 1. The molecule has 2 heterocycles. The highest BCUT2D eigenvalue weighted by Crippen LogP contribution is 2.25. The van der Waals surface area contributed by atoms with Gasteiger partial charge in [0.1, 0.15) is 11.6 Å². The lowest BCUT2D eigenvalue weighted by atomic mass is 10.1. The van der Waals surface area contributed by atoms with E-state index in [1.54, 1.807) is 0 Å². The average molecular weight is 238 g/mol. The molecule has 0 saturated heterocycles. The van der Waals surface area contributed by atoms with Gasteiger partial charge in [-0.05, 0) is 30.2 Å². The molecule has 0 saturated carbocycles. The first-order valence-electron chi connectivity index (χ1n) is 5.71. The van der Waals surface area contributed by atoms with Crippen LogP contribution in [0.25, 0.3) is 22.0 Å². The third kappa shape index (κ3) is 1.41. The summed E-state index contributed by atoms with van der Waals surface area (Å²) in [6.45, 7) is 2.07. The van der Waals surface area contributed by atoms with E-state index in [2.05, 4.69) is 11.9 Å². The van der Waals surface area contributed by atoms with Crippen molar-refractivity contribution in [3.8, 4) is 6.07 Å². The van der Waals surface area contributed by atoms with E-state index in [9.17, 15) is 4.79 Å². The number of hydrogen-bond acceptors (Lipinski definition) is 3. The number of H-pyrrole nitrogens is 1. The number of rotatable bonds is 1. The maximum Gasteiger partial charge on any atom is 0.354 e. The molecule has 3 aromatic rings. The minimum atomic E-state index is -0.590. The zero-order chi connectivity index (χ0) is 12.7. The standard InChI is InChI=1S/C14H10N2O2/c1-2-8-3-4-11-10(5-8)13-12(16-11)6-9(7-15)14(17)18-13/h3-6,16H,2H2,1H3. The molecule has 0 amide bonds. The van der Waals surface area contributed by atoms with E-state index in [0.29, 0.717) is 11.1 Å².